The third kappa shape index (κ3) is 3.03. The van der Waals surface area contributed by atoms with Crippen molar-refractivity contribution in [3.8, 4) is 0 Å². The van der Waals surface area contributed by atoms with Crippen molar-refractivity contribution in [2.24, 2.45) is 17.1 Å². The van der Waals surface area contributed by atoms with Crippen molar-refractivity contribution in [2.45, 2.75) is 77.4 Å². The zero-order chi connectivity index (χ0) is 12.5. The Kier molecular flexibility index (Phi) is 3.84. The van der Waals surface area contributed by atoms with Gasteiger partial charge >= 0.3 is 0 Å². The van der Waals surface area contributed by atoms with Crippen LogP contribution in [0.25, 0.3) is 0 Å². The van der Waals surface area contributed by atoms with E-state index >= 15 is 0 Å². The van der Waals surface area contributed by atoms with Crippen LogP contribution in [-0.2, 0) is 4.74 Å². The first kappa shape index (κ1) is 13.4. The fourth-order valence-corrected chi connectivity index (χ4v) is 3.62. The molecule has 0 radical (unpaired) electrons. The molecule has 1 saturated heterocycles. The summed E-state index contributed by atoms with van der Waals surface area (Å²) < 4.78 is 6.14. The summed E-state index contributed by atoms with van der Waals surface area (Å²) in [6, 6.07) is 0.310. The highest BCUT2D eigenvalue weighted by atomic mass is 16.5. The van der Waals surface area contributed by atoms with Crippen molar-refractivity contribution in [3.63, 3.8) is 0 Å². The molecule has 2 N–H and O–H groups in total. The number of ether oxygens (including phenoxy) is 1. The van der Waals surface area contributed by atoms with Crippen LogP contribution in [-0.4, -0.2) is 18.2 Å². The molecule has 1 aliphatic carbocycles. The molecule has 2 unspecified atom stereocenters. The van der Waals surface area contributed by atoms with Gasteiger partial charge in [0.1, 0.15) is 0 Å². The summed E-state index contributed by atoms with van der Waals surface area (Å²) in [6.07, 6.45) is 8.96. The molecular weight excluding hydrogens is 210 g/mol. The molecule has 1 spiro atoms. The van der Waals surface area contributed by atoms with E-state index in [1.54, 1.807) is 0 Å². The Morgan fingerprint density at radius 3 is 2.41 bits per heavy atom. The number of hydrogen-bond acceptors (Lipinski definition) is 2. The van der Waals surface area contributed by atoms with E-state index in [1.807, 2.05) is 0 Å². The molecule has 17 heavy (non-hydrogen) atoms. The predicted octanol–water partition coefficient (Wildman–Crippen LogP) is 3.49. The molecule has 0 amide bonds. The molecular formula is C15H29NO. The first-order valence-corrected chi connectivity index (χ1v) is 7.33. The maximum atomic E-state index is 6.46. The predicted molar refractivity (Wildman–Crippen MR) is 71.9 cm³/mol. The average molecular weight is 239 g/mol. The van der Waals surface area contributed by atoms with Crippen LogP contribution in [0.5, 0.6) is 0 Å². The Morgan fingerprint density at radius 2 is 1.82 bits per heavy atom. The number of hydrogen-bond donors (Lipinski definition) is 1. The molecule has 0 aromatic carbocycles. The van der Waals surface area contributed by atoms with Crippen molar-refractivity contribution in [1.82, 2.24) is 0 Å². The van der Waals surface area contributed by atoms with Crippen molar-refractivity contribution in [1.29, 1.82) is 0 Å². The van der Waals surface area contributed by atoms with Crippen LogP contribution in [0.4, 0.5) is 0 Å². The van der Waals surface area contributed by atoms with Crippen LogP contribution in [0.1, 0.15) is 65.7 Å². The van der Waals surface area contributed by atoms with Gasteiger partial charge in [-0.15, -0.1) is 0 Å². The quantitative estimate of drug-likeness (QED) is 0.760. The van der Waals surface area contributed by atoms with Gasteiger partial charge in [0.25, 0.3) is 0 Å². The Balaban J connectivity index is 2.01. The van der Waals surface area contributed by atoms with Gasteiger partial charge in [0.05, 0.1) is 5.60 Å². The van der Waals surface area contributed by atoms with Gasteiger partial charge in [-0.1, -0.05) is 40.0 Å². The molecule has 2 aliphatic rings. The van der Waals surface area contributed by atoms with Crippen molar-refractivity contribution < 1.29 is 4.74 Å². The van der Waals surface area contributed by atoms with Crippen molar-refractivity contribution in [3.05, 3.63) is 0 Å². The van der Waals surface area contributed by atoms with Gasteiger partial charge in [0.2, 0.25) is 0 Å². The summed E-state index contributed by atoms with van der Waals surface area (Å²) in [5.41, 5.74) is 6.88. The smallest absolute Gasteiger partial charge is 0.0685 e. The second kappa shape index (κ2) is 4.89. The molecule has 2 atom stereocenters. The summed E-state index contributed by atoms with van der Waals surface area (Å²) >= 11 is 0. The van der Waals surface area contributed by atoms with Crippen LogP contribution in [0.3, 0.4) is 0 Å². The van der Waals surface area contributed by atoms with E-state index < -0.39 is 0 Å². The van der Waals surface area contributed by atoms with E-state index in [0.29, 0.717) is 12.0 Å². The second-order valence-electron chi connectivity index (χ2n) is 7.24. The van der Waals surface area contributed by atoms with E-state index in [0.717, 1.165) is 13.0 Å². The Hall–Kier alpha value is -0.0800. The van der Waals surface area contributed by atoms with Crippen LogP contribution in [0, 0.1) is 11.3 Å². The molecule has 2 heteroatoms. The minimum atomic E-state index is 0.198. The molecule has 1 heterocycles. The van der Waals surface area contributed by atoms with Crippen LogP contribution < -0.4 is 5.73 Å². The maximum absolute atomic E-state index is 6.46. The van der Waals surface area contributed by atoms with E-state index in [4.69, 9.17) is 10.5 Å². The molecule has 100 valence electrons. The molecule has 1 saturated carbocycles. The lowest BCUT2D eigenvalue weighted by atomic mass is 9.69. The topological polar surface area (TPSA) is 35.2 Å². The number of rotatable bonds is 1. The van der Waals surface area contributed by atoms with Gasteiger partial charge in [-0.05, 0) is 37.0 Å². The lowest BCUT2D eigenvalue weighted by molar-refractivity contribution is -0.124. The molecule has 2 nitrogen and oxygen atoms in total. The lowest BCUT2D eigenvalue weighted by Crippen LogP contribution is -2.50. The Bertz CT molecular complexity index is 245. The van der Waals surface area contributed by atoms with Gasteiger partial charge in [-0.2, -0.15) is 0 Å². The Morgan fingerprint density at radius 1 is 1.18 bits per heavy atom. The summed E-state index contributed by atoms with van der Waals surface area (Å²) in [4.78, 5) is 0. The fraction of sp³-hybridized carbons (Fsp3) is 1.00. The molecule has 0 aromatic heterocycles. The lowest BCUT2D eigenvalue weighted by Gasteiger charge is -2.47. The maximum Gasteiger partial charge on any atom is 0.0685 e. The third-order valence-electron chi connectivity index (χ3n) is 4.80. The average Bonchev–Trinajstić information content (AvgIpc) is 2.28. The SMILES string of the molecule is CC(C)(C)C(N)C1CCOC2(CCCCC2)C1. The van der Waals surface area contributed by atoms with Gasteiger partial charge in [0.15, 0.2) is 0 Å². The second-order valence-corrected chi connectivity index (χ2v) is 7.24. The summed E-state index contributed by atoms with van der Waals surface area (Å²) in [5, 5.41) is 0. The number of nitrogens with two attached hydrogens (primary N) is 1. The van der Waals surface area contributed by atoms with E-state index in [9.17, 15) is 0 Å². The zero-order valence-corrected chi connectivity index (χ0v) is 11.8. The molecule has 0 aromatic rings. The highest BCUT2D eigenvalue weighted by Gasteiger charge is 2.42. The highest BCUT2D eigenvalue weighted by Crippen LogP contribution is 2.43. The summed E-state index contributed by atoms with van der Waals surface area (Å²) in [7, 11) is 0. The van der Waals surface area contributed by atoms with Gasteiger partial charge < -0.3 is 10.5 Å². The van der Waals surface area contributed by atoms with Gasteiger partial charge in [-0.3, -0.25) is 0 Å². The van der Waals surface area contributed by atoms with E-state index in [1.165, 1.54) is 38.5 Å². The van der Waals surface area contributed by atoms with E-state index in [-0.39, 0.29) is 11.0 Å². The largest absolute Gasteiger partial charge is 0.375 e. The molecule has 2 fully saturated rings. The van der Waals surface area contributed by atoms with Crippen molar-refractivity contribution >= 4 is 0 Å². The molecule has 2 rings (SSSR count). The zero-order valence-electron chi connectivity index (χ0n) is 11.8. The monoisotopic (exact) mass is 239 g/mol. The molecule has 0 bridgehead atoms. The standard InChI is InChI=1S/C15H29NO/c1-14(2,3)13(16)12-7-10-17-15(11-12)8-5-4-6-9-15/h12-13H,4-11,16H2,1-3H3. The van der Waals surface area contributed by atoms with Crippen molar-refractivity contribution in [2.75, 3.05) is 6.61 Å². The first-order valence-electron chi connectivity index (χ1n) is 7.33. The highest BCUT2D eigenvalue weighted by molar-refractivity contribution is 4.95. The van der Waals surface area contributed by atoms with Gasteiger partial charge in [0, 0.05) is 12.6 Å². The summed E-state index contributed by atoms with van der Waals surface area (Å²) in [6.45, 7) is 7.72. The van der Waals surface area contributed by atoms with Crippen LogP contribution >= 0.6 is 0 Å². The summed E-state index contributed by atoms with van der Waals surface area (Å²) in [5.74, 6) is 0.654. The minimum absolute atomic E-state index is 0.198. The van der Waals surface area contributed by atoms with Crippen LogP contribution in [0.15, 0.2) is 0 Å². The third-order valence-corrected chi connectivity index (χ3v) is 4.80. The van der Waals surface area contributed by atoms with E-state index in [2.05, 4.69) is 20.8 Å². The Labute approximate surface area is 106 Å². The molecule has 1 aliphatic heterocycles. The first-order chi connectivity index (χ1) is 7.93. The fourth-order valence-electron chi connectivity index (χ4n) is 3.62. The normalized spacial score (nSPS) is 31.4. The van der Waals surface area contributed by atoms with Crippen LogP contribution in [0.2, 0.25) is 0 Å². The minimum Gasteiger partial charge on any atom is -0.375 e. The van der Waals surface area contributed by atoms with Gasteiger partial charge in [-0.25, -0.2) is 0 Å².